The molecule has 8 heteroatoms. The summed E-state index contributed by atoms with van der Waals surface area (Å²) in [5.74, 6) is -0.416. The second-order valence-corrected chi connectivity index (χ2v) is 22.0. The van der Waals surface area contributed by atoms with E-state index in [4.69, 9.17) is 23.1 Å². The Morgan fingerprint density at radius 1 is 1.00 bits per heavy atom. The van der Waals surface area contributed by atoms with Crippen LogP contribution in [0.25, 0.3) is 0 Å². The van der Waals surface area contributed by atoms with E-state index in [1.807, 2.05) is 20.8 Å². The fraction of sp³-hybridized carbons (Fsp3) is 0.931. The van der Waals surface area contributed by atoms with Gasteiger partial charge in [0.15, 0.2) is 22.4 Å². The lowest BCUT2D eigenvalue weighted by atomic mass is 9.82. The van der Waals surface area contributed by atoms with Gasteiger partial charge in [-0.3, -0.25) is 0 Å². The number of methoxy groups -OCH3 is 1. The number of aliphatic hydroxyl groups is 1. The molecule has 0 radical (unpaired) electrons. The molecule has 0 amide bonds. The minimum Gasteiger partial charge on any atom is -0.413 e. The first-order valence-electron chi connectivity index (χ1n) is 14.5. The van der Waals surface area contributed by atoms with E-state index in [0.717, 1.165) is 23.7 Å². The minimum atomic E-state index is -1.95. The number of aliphatic hydroxyl groups excluding tert-OH is 1. The van der Waals surface area contributed by atoms with Crippen LogP contribution >= 0.6 is 0 Å². The van der Waals surface area contributed by atoms with Crippen molar-refractivity contribution >= 4 is 16.6 Å². The summed E-state index contributed by atoms with van der Waals surface area (Å²) >= 11 is 0. The van der Waals surface area contributed by atoms with Crippen molar-refractivity contribution in [2.75, 3.05) is 13.7 Å². The van der Waals surface area contributed by atoms with Gasteiger partial charge in [0.05, 0.1) is 31.0 Å². The Balaban J connectivity index is 3.55. The van der Waals surface area contributed by atoms with E-state index in [2.05, 4.69) is 74.2 Å². The summed E-state index contributed by atoms with van der Waals surface area (Å²) < 4.78 is 32.5. The van der Waals surface area contributed by atoms with E-state index in [9.17, 15) is 5.11 Å². The number of rotatable bonds is 16. The van der Waals surface area contributed by atoms with Gasteiger partial charge in [-0.15, -0.1) is 0 Å². The van der Waals surface area contributed by atoms with Crippen molar-refractivity contribution in [1.82, 2.24) is 0 Å². The quantitative estimate of drug-likeness (QED) is 0.162. The molecule has 0 aromatic rings. The van der Waals surface area contributed by atoms with Crippen molar-refractivity contribution in [3.05, 3.63) is 11.6 Å². The molecular weight excluding hydrogens is 500 g/mol. The Kier molecular flexibility index (Phi) is 13.7. The molecule has 1 fully saturated rings. The highest BCUT2D eigenvalue weighted by Crippen LogP contribution is 2.38. The van der Waals surface area contributed by atoms with Crippen LogP contribution in [0.3, 0.4) is 0 Å². The van der Waals surface area contributed by atoms with E-state index in [1.165, 1.54) is 0 Å². The predicted molar refractivity (Wildman–Crippen MR) is 159 cm³/mol. The maximum Gasteiger partial charge on any atom is 0.192 e. The summed E-state index contributed by atoms with van der Waals surface area (Å²) in [6.07, 6.45) is 1.27. The molecule has 1 heterocycles. The Labute approximate surface area is 231 Å². The molecule has 0 bridgehead atoms. The molecule has 8 atom stereocenters. The molecule has 0 saturated carbocycles. The first-order valence-corrected chi connectivity index (χ1v) is 20.5. The van der Waals surface area contributed by atoms with Crippen molar-refractivity contribution in [3.63, 3.8) is 0 Å². The van der Waals surface area contributed by atoms with Crippen LogP contribution in [0, 0.1) is 17.8 Å². The van der Waals surface area contributed by atoms with E-state index >= 15 is 0 Å². The van der Waals surface area contributed by atoms with Gasteiger partial charge in [-0.05, 0) is 71.0 Å². The smallest absolute Gasteiger partial charge is 0.192 e. The molecule has 0 aliphatic carbocycles. The van der Waals surface area contributed by atoms with Crippen molar-refractivity contribution in [3.8, 4) is 0 Å². The third-order valence-corrected chi connectivity index (χ3v) is 13.8. The van der Waals surface area contributed by atoms with Crippen molar-refractivity contribution in [2.45, 2.75) is 143 Å². The Hall–Kier alpha value is -0.0662. The average Bonchev–Trinajstić information content (AvgIpc) is 3.17. The fourth-order valence-corrected chi connectivity index (χ4v) is 9.74. The minimum absolute atomic E-state index is 0.0464. The van der Waals surface area contributed by atoms with Gasteiger partial charge in [0.25, 0.3) is 0 Å². The summed E-state index contributed by atoms with van der Waals surface area (Å²) in [5, 5.41) is 10.2. The summed E-state index contributed by atoms with van der Waals surface area (Å²) in [5.41, 5.74) is 1.16. The van der Waals surface area contributed by atoms with Crippen LogP contribution in [0.15, 0.2) is 11.6 Å². The summed E-state index contributed by atoms with van der Waals surface area (Å²) in [7, 11) is -2.07. The molecule has 220 valence electrons. The second kappa shape index (κ2) is 14.5. The maximum atomic E-state index is 10.2. The molecule has 0 aromatic heterocycles. The van der Waals surface area contributed by atoms with E-state index in [0.29, 0.717) is 6.61 Å². The Bertz CT molecular complexity index is 693. The zero-order chi connectivity index (χ0) is 28.8. The summed E-state index contributed by atoms with van der Waals surface area (Å²) in [6.45, 7) is 28.6. The summed E-state index contributed by atoms with van der Waals surface area (Å²) in [4.78, 5) is 0. The van der Waals surface area contributed by atoms with Crippen molar-refractivity contribution in [1.29, 1.82) is 0 Å². The fourth-order valence-electron chi connectivity index (χ4n) is 5.57. The van der Waals surface area contributed by atoms with Crippen molar-refractivity contribution in [2.24, 2.45) is 17.8 Å². The van der Waals surface area contributed by atoms with Crippen LogP contribution in [-0.2, 0) is 23.1 Å². The average molecular weight is 561 g/mol. The van der Waals surface area contributed by atoms with Crippen LogP contribution in [0.4, 0.5) is 0 Å². The molecule has 1 saturated heterocycles. The lowest BCUT2D eigenvalue weighted by molar-refractivity contribution is -0.164. The van der Waals surface area contributed by atoms with Gasteiger partial charge in [0.2, 0.25) is 0 Å². The summed E-state index contributed by atoms with van der Waals surface area (Å²) in [6, 6.07) is 3.24. The van der Waals surface area contributed by atoms with Gasteiger partial charge in [-0.2, -0.15) is 0 Å². The van der Waals surface area contributed by atoms with E-state index in [-0.39, 0.29) is 42.2 Å². The zero-order valence-corrected chi connectivity index (χ0v) is 28.5. The monoisotopic (exact) mass is 560 g/mol. The molecular formula is C29H60O6Si2. The Morgan fingerprint density at radius 2 is 1.54 bits per heavy atom. The topological polar surface area (TPSA) is 66.4 Å². The molecule has 6 nitrogen and oxygen atoms in total. The number of hydrogen-bond donors (Lipinski definition) is 1. The van der Waals surface area contributed by atoms with Crippen LogP contribution in [-0.4, -0.2) is 71.8 Å². The molecule has 1 aliphatic rings. The SMILES string of the molecule is CC[Si](CC)(CC)O[C@H]([C@@H](C)[C@H](OC)[C@@H]1COC(C)(C)O1)[C@H](C)[C@@H](O[Si](C)(C)C)/C(C)=C/[C@H](C)C(C)O. The molecule has 1 N–H and O–H groups in total. The molecule has 0 aromatic carbocycles. The first kappa shape index (κ1) is 35.0. The molecule has 0 spiro atoms. The van der Waals surface area contributed by atoms with Gasteiger partial charge >= 0.3 is 0 Å². The van der Waals surface area contributed by atoms with E-state index in [1.54, 1.807) is 7.11 Å². The highest BCUT2D eigenvalue weighted by molar-refractivity contribution is 6.73. The standard InChI is InChI=1S/C29H60O6Si2/c1-15-37(16-2,17-3)35-27(23(7)28(31-11)25-19-32-29(9,10)33-25)22(6)26(34-36(12,13)14)21(5)18-20(4)24(8)30/h18,20,22-28,30H,15-17,19H2,1-14H3/b21-18+/t20-,22+,23+,24?,25-,26-,27-,28-/m0/s1. The van der Waals surface area contributed by atoms with Gasteiger partial charge in [0, 0.05) is 24.9 Å². The van der Waals surface area contributed by atoms with Gasteiger partial charge in [0.1, 0.15) is 6.10 Å². The Morgan fingerprint density at radius 3 is 1.92 bits per heavy atom. The van der Waals surface area contributed by atoms with Gasteiger partial charge in [-0.25, -0.2) is 0 Å². The maximum absolute atomic E-state index is 10.2. The van der Waals surface area contributed by atoms with Crippen LogP contribution in [0.5, 0.6) is 0 Å². The second-order valence-electron chi connectivity index (χ2n) is 12.8. The first-order chi connectivity index (χ1) is 17.0. The molecule has 1 rings (SSSR count). The number of hydrogen-bond acceptors (Lipinski definition) is 6. The van der Waals surface area contributed by atoms with E-state index < -0.39 is 28.5 Å². The molecule has 37 heavy (non-hydrogen) atoms. The van der Waals surface area contributed by atoms with Crippen LogP contribution in [0.2, 0.25) is 37.8 Å². The van der Waals surface area contributed by atoms with Crippen LogP contribution < -0.4 is 0 Å². The highest BCUT2D eigenvalue weighted by atomic mass is 28.4. The lowest BCUT2D eigenvalue weighted by Crippen LogP contribution is -2.53. The zero-order valence-electron chi connectivity index (χ0n) is 26.5. The third kappa shape index (κ3) is 10.1. The third-order valence-electron chi connectivity index (χ3n) is 8.24. The largest absolute Gasteiger partial charge is 0.413 e. The lowest BCUT2D eigenvalue weighted by Gasteiger charge is -2.45. The van der Waals surface area contributed by atoms with Crippen LogP contribution in [0.1, 0.15) is 69.2 Å². The highest BCUT2D eigenvalue weighted by Gasteiger charge is 2.46. The van der Waals surface area contributed by atoms with Crippen molar-refractivity contribution < 1.29 is 28.2 Å². The number of ether oxygens (including phenoxy) is 3. The van der Waals surface area contributed by atoms with Gasteiger partial charge in [-0.1, -0.05) is 47.6 Å². The molecule has 1 aliphatic heterocycles. The molecule has 1 unspecified atom stereocenters. The normalized spacial score (nSPS) is 24.8. The van der Waals surface area contributed by atoms with Gasteiger partial charge < -0.3 is 28.2 Å². The predicted octanol–water partition coefficient (Wildman–Crippen LogP) is 7.00.